The average molecular weight is 351 g/mol. The van der Waals surface area contributed by atoms with Gasteiger partial charge in [0.25, 0.3) is 0 Å². The molecule has 140 valence electrons. The van der Waals surface area contributed by atoms with Crippen molar-refractivity contribution in [2.75, 3.05) is 6.61 Å². The summed E-state index contributed by atoms with van der Waals surface area (Å²) in [6.45, 7) is 10.6. The first-order valence-electron chi connectivity index (χ1n) is 8.28. The number of benzene rings is 1. The fourth-order valence-electron chi connectivity index (χ4n) is 1.95. The van der Waals surface area contributed by atoms with Gasteiger partial charge in [-0.05, 0) is 65.7 Å². The zero-order valence-electron chi connectivity index (χ0n) is 15.9. The topological polar surface area (TPSA) is 87.9 Å². The molecule has 1 atom stereocenters. The van der Waals surface area contributed by atoms with E-state index in [1.165, 1.54) is 0 Å². The number of carbonyl (C=O) groups excluding carboxylic acids is 2. The Morgan fingerprint density at radius 2 is 1.48 bits per heavy atom. The Morgan fingerprint density at radius 3 is 1.96 bits per heavy atom. The predicted octanol–water partition coefficient (Wildman–Crippen LogP) is 2.62. The van der Waals surface area contributed by atoms with Gasteiger partial charge in [0.2, 0.25) is 0 Å². The zero-order valence-corrected chi connectivity index (χ0v) is 15.9. The second-order valence-corrected chi connectivity index (χ2v) is 7.86. The van der Waals surface area contributed by atoms with Crippen LogP contribution in [0.1, 0.15) is 47.1 Å². The van der Waals surface area contributed by atoms with E-state index in [-0.39, 0.29) is 6.61 Å². The molecule has 25 heavy (non-hydrogen) atoms. The minimum absolute atomic E-state index is 0.159. The molecule has 0 saturated carbocycles. The summed E-state index contributed by atoms with van der Waals surface area (Å²) < 4.78 is 15.8. The smallest absolute Gasteiger partial charge is 0.344 e. The van der Waals surface area contributed by atoms with Crippen LogP contribution in [0.25, 0.3) is 0 Å². The van der Waals surface area contributed by atoms with Crippen molar-refractivity contribution in [1.82, 2.24) is 0 Å². The first-order chi connectivity index (χ1) is 11.4. The lowest BCUT2D eigenvalue weighted by molar-refractivity contribution is -0.158. The summed E-state index contributed by atoms with van der Waals surface area (Å²) in [6.07, 6.45) is 0.362. The third kappa shape index (κ3) is 9.10. The first kappa shape index (κ1) is 21.0. The highest BCUT2D eigenvalue weighted by Gasteiger charge is 2.22. The molecule has 0 aliphatic rings. The molecule has 0 aliphatic carbocycles. The fraction of sp³-hybridized carbons (Fsp3) is 0.579. The predicted molar refractivity (Wildman–Crippen MR) is 95.3 cm³/mol. The molecular weight excluding hydrogens is 322 g/mol. The number of esters is 2. The van der Waals surface area contributed by atoms with Gasteiger partial charge in [-0.2, -0.15) is 0 Å². The van der Waals surface area contributed by atoms with Crippen LogP contribution in [-0.4, -0.2) is 35.8 Å². The maximum absolute atomic E-state index is 11.9. The van der Waals surface area contributed by atoms with E-state index in [1.54, 1.807) is 65.8 Å². The standard InChI is InChI=1S/C19H29NO5/c1-18(2,3)24-16(21)12-23-14-9-7-13(8-10-14)11-15(20)17(22)25-19(4,5)6/h7-10,15H,11-12,20H2,1-6H3/t15-/m0/s1. The van der Waals surface area contributed by atoms with Gasteiger partial charge in [0, 0.05) is 0 Å². The summed E-state index contributed by atoms with van der Waals surface area (Å²) >= 11 is 0. The number of hydrogen-bond acceptors (Lipinski definition) is 6. The molecule has 0 aliphatic heterocycles. The number of hydrogen-bond donors (Lipinski definition) is 1. The Labute approximate surface area is 149 Å². The number of ether oxygens (including phenoxy) is 3. The van der Waals surface area contributed by atoms with E-state index in [4.69, 9.17) is 19.9 Å². The van der Waals surface area contributed by atoms with Crippen molar-refractivity contribution >= 4 is 11.9 Å². The lowest BCUT2D eigenvalue weighted by Crippen LogP contribution is -2.38. The maximum atomic E-state index is 11.9. The molecule has 6 nitrogen and oxygen atoms in total. The summed E-state index contributed by atoms with van der Waals surface area (Å²) in [5.74, 6) is -0.318. The Morgan fingerprint density at radius 1 is 0.960 bits per heavy atom. The highest BCUT2D eigenvalue weighted by atomic mass is 16.6. The Balaban J connectivity index is 2.51. The quantitative estimate of drug-likeness (QED) is 0.793. The van der Waals surface area contributed by atoms with Crippen molar-refractivity contribution in [3.63, 3.8) is 0 Å². The minimum atomic E-state index is -0.729. The molecule has 0 spiro atoms. The Hall–Kier alpha value is -2.08. The van der Waals surface area contributed by atoms with Crippen molar-refractivity contribution in [3.05, 3.63) is 29.8 Å². The van der Waals surface area contributed by atoms with Crippen LogP contribution < -0.4 is 10.5 Å². The number of carbonyl (C=O) groups is 2. The molecule has 0 amide bonds. The zero-order chi connectivity index (χ0) is 19.3. The summed E-state index contributed by atoms with van der Waals surface area (Å²) in [5.41, 5.74) is 5.66. The number of nitrogens with two attached hydrogens (primary N) is 1. The molecule has 0 fully saturated rings. The van der Waals surface area contributed by atoms with E-state index >= 15 is 0 Å². The molecule has 1 aromatic rings. The van der Waals surface area contributed by atoms with Gasteiger partial charge in [0.1, 0.15) is 23.0 Å². The minimum Gasteiger partial charge on any atom is -0.482 e. The highest BCUT2D eigenvalue weighted by Crippen LogP contribution is 2.15. The molecular formula is C19H29NO5. The van der Waals surface area contributed by atoms with Gasteiger partial charge in [0.15, 0.2) is 6.61 Å². The van der Waals surface area contributed by atoms with Gasteiger partial charge in [-0.1, -0.05) is 12.1 Å². The normalized spacial score (nSPS) is 13.1. The summed E-state index contributed by atoms with van der Waals surface area (Å²) in [4.78, 5) is 23.5. The van der Waals surface area contributed by atoms with Crippen molar-refractivity contribution in [2.24, 2.45) is 5.73 Å². The van der Waals surface area contributed by atoms with Gasteiger partial charge in [-0.15, -0.1) is 0 Å². The third-order valence-corrected chi connectivity index (χ3v) is 2.87. The number of rotatable bonds is 6. The van der Waals surface area contributed by atoms with E-state index in [1.807, 2.05) is 0 Å². The van der Waals surface area contributed by atoms with E-state index < -0.39 is 29.2 Å². The van der Waals surface area contributed by atoms with Crippen LogP contribution in [0.4, 0.5) is 0 Å². The second-order valence-electron chi connectivity index (χ2n) is 7.86. The van der Waals surface area contributed by atoms with Crippen LogP contribution in [-0.2, 0) is 25.5 Å². The molecule has 1 aromatic carbocycles. The van der Waals surface area contributed by atoms with Gasteiger partial charge in [-0.3, -0.25) is 4.79 Å². The van der Waals surface area contributed by atoms with Gasteiger partial charge >= 0.3 is 11.9 Å². The molecule has 1 rings (SSSR count). The molecule has 0 aromatic heterocycles. The van der Waals surface area contributed by atoms with Gasteiger partial charge in [0.05, 0.1) is 0 Å². The monoisotopic (exact) mass is 351 g/mol. The third-order valence-electron chi connectivity index (χ3n) is 2.87. The van der Waals surface area contributed by atoms with Crippen LogP contribution >= 0.6 is 0 Å². The maximum Gasteiger partial charge on any atom is 0.344 e. The SMILES string of the molecule is CC(C)(C)OC(=O)COc1ccc(C[C@H](N)C(=O)OC(C)(C)C)cc1. The molecule has 0 heterocycles. The van der Waals surface area contributed by atoms with Crippen LogP contribution in [0.3, 0.4) is 0 Å². The van der Waals surface area contributed by atoms with Crippen LogP contribution in [0, 0.1) is 0 Å². The molecule has 6 heteroatoms. The van der Waals surface area contributed by atoms with E-state index in [0.29, 0.717) is 12.2 Å². The van der Waals surface area contributed by atoms with E-state index in [0.717, 1.165) is 5.56 Å². The molecule has 2 N–H and O–H groups in total. The van der Waals surface area contributed by atoms with Crippen LogP contribution in [0.15, 0.2) is 24.3 Å². The summed E-state index contributed by atoms with van der Waals surface area (Å²) in [5, 5.41) is 0. The van der Waals surface area contributed by atoms with Crippen molar-refractivity contribution in [1.29, 1.82) is 0 Å². The lowest BCUT2D eigenvalue weighted by atomic mass is 10.1. The molecule has 0 bridgehead atoms. The first-order valence-corrected chi connectivity index (χ1v) is 8.28. The van der Waals surface area contributed by atoms with E-state index in [2.05, 4.69) is 0 Å². The second kappa shape index (κ2) is 8.34. The summed E-state index contributed by atoms with van der Waals surface area (Å²) in [7, 11) is 0. The molecule has 0 saturated heterocycles. The van der Waals surface area contributed by atoms with Crippen molar-refractivity contribution in [2.45, 2.75) is 65.2 Å². The van der Waals surface area contributed by atoms with Crippen LogP contribution in [0.2, 0.25) is 0 Å². The van der Waals surface area contributed by atoms with Crippen molar-refractivity contribution < 1.29 is 23.8 Å². The van der Waals surface area contributed by atoms with Gasteiger partial charge < -0.3 is 19.9 Å². The van der Waals surface area contributed by atoms with Crippen LogP contribution in [0.5, 0.6) is 5.75 Å². The van der Waals surface area contributed by atoms with E-state index in [9.17, 15) is 9.59 Å². The molecule has 0 unspecified atom stereocenters. The fourth-order valence-corrected chi connectivity index (χ4v) is 1.95. The molecule has 0 radical (unpaired) electrons. The highest BCUT2D eigenvalue weighted by molar-refractivity contribution is 5.76. The Kier molecular flexibility index (Phi) is 6.99. The van der Waals surface area contributed by atoms with Crippen molar-refractivity contribution in [3.8, 4) is 5.75 Å². The average Bonchev–Trinajstić information content (AvgIpc) is 2.43. The largest absolute Gasteiger partial charge is 0.482 e. The summed E-state index contributed by atoms with van der Waals surface area (Å²) in [6, 6.07) is 6.32. The Bertz CT molecular complexity index is 581. The lowest BCUT2D eigenvalue weighted by Gasteiger charge is -2.22. The van der Waals surface area contributed by atoms with Gasteiger partial charge in [-0.25, -0.2) is 4.79 Å².